The zero-order valence-corrected chi connectivity index (χ0v) is 13.8. The standard InChI is InChI=1S/C14H26N6O/c1-11(2)17-14(15-8-13(21)18(3)4)19(5)9-12-7-16-20(6)10-12/h7,10-11H,8-9H2,1-6H3,(H,15,17). The molecule has 1 aromatic rings. The van der Waals surface area contributed by atoms with E-state index in [0.29, 0.717) is 12.5 Å². The number of rotatable bonds is 5. The van der Waals surface area contributed by atoms with Crippen LogP contribution in [0.3, 0.4) is 0 Å². The Morgan fingerprint density at radius 1 is 1.43 bits per heavy atom. The number of aliphatic imine (C=N–C) groups is 1. The molecule has 0 aliphatic rings. The lowest BCUT2D eigenvalue weighted by molar-refractivity contribution is -0.127. The number of carbonyl (C=O) groups excluding carboxylic acids is 1. The SMILES string of the molecule is CC(C)NC(=NCC(=O)N(C)C)N(C)Cc1cnn(C)c1. The third kappa shape index (κ3) is 5.85. The molecule has 1 rings (SSSR count). The quantitative estimate of drug-likeness (QED) is 0.626. The fourth-order valence-electron chi connectivity index (χ4n) is 1.72. The summed E-state index contributed by atoms with van der Waals surface area (Å²) in [7, 11) is 7.29. The Morgan fingerprint density at radius 3 is 2.57 bits per heavy atom. The number of likely N-dealkylation sites (N-methyl/N-ethyl adjacent to an activating group) is 1. The summed E-state index contributed by atoms with van der Waals surface area (Å²) in [5.41, 5.74) is 1.09. The molecule has 1 heterocycles. The van der Waals surface area contributed by atoms with Gasteiger partial charge < -0.3 is 15.1 Å². The van der Waals surface area contributed by atoms with Gasteiger partial charge in [0.25, 0.3) is 0 Å². The van der Waals surface area contributed by atoms with Crippen molar-refractivity contribution >= 4 is 11.9 Å². The van der Waals surface area contributed by atoms with Crippen molar-refractivity contribution in [2.75, 3.05) is 27.7 Å². The molecule has 0 unspecified atom stereocenters. The number of guanidine groups is 1. The largest absolute Gasteiger partial charge is 0.354 e. The second-order valence-corrected chi connectivity index (χ2v) is 5.61. The van der Waals surface area contributed by atoms with Gasteiger partial charge in [0, 0.05) is 52.5 Å². The molecular weight excluding hydrogens is 268 g/mol. The van der Waals surface area contributed by atoms with Gasteiger partial charge in [0.15, 0.2) is 5.96 Å². The van der Waals surface area contributed by atoms with Crippen molar-refractivity contribution in [3.63, 3.8) is 0 Å². The Hall–Kier alpha value is -2.05. The number of amides is 1. The summed E-state index contributed by atoms with van der Waals surface area (Å²) >= 11 is 0. The molecule has 0 aromatic carbocycles. The van der Waals surface area contributed by atoms with E-state index in [2.05, 4.69) is 15.4 Å². The van der Waals surface area contributed by atoms with Gasteiger partial charge in [-0.25, -0.2) is 4.99 Å². The average Bonchev–Trinajstić information content (AvgIpc) is 2.78. The van der Waals surface area contributed by atoms with Crippen LogP contribution >= 0.6 is 0 Å². The van der Waals surface area contributed by atoms with Crippen LogP contribution in [-0.2, 0) is 18.4 Å². The molecule has 7 nitrogen and oxygen atoms in total. The summed E-state index contributed by atoms with van der Waals surface area (Å²) in [6.45, 7) is 4.91. The number of aromatic nitrogens is 2. The fraction of sp³-hybridized carbons (Fsp3) is 0.643. The maximum Gasteiger partial charge on any atom is 0.243 e. The average molecular weight is 294 g/mol. The van der Waals surface area contributed by atoms with Crippen molar-refractivity contribution in [1.29, 1.82) is 0 Å². The molecule has 0 radical (unpaired) electrons. The Balaban J connectivity index is 2.75. The van der Waals surface area contributed by atoms with Crippen molar-refractivity contribution in [1.82, 2.24) is 24.9 Å². The molecule has 1 N–H and O–H groups in total. The Morgan fingerprint density at radius 2 is 2.10 bits per heavy atom. The third-order valence-corrected chi connectivity index (χ3v) is 2.82. The molecule has 0 fully saturated rings. The first kappa shape index (κ1) is 17.0. The van der Waals surface area contributed by atoms with Gasteiger partial charge in [-0.05, 0) is 13.8 Å². The van der Waals surface area contributed by atoms with Crippen molar-refractivity contribution in [3.05, 3.63) is 18.0 Å². The van der Waals surface area contributed by atoms with Crippen molar-refractivity contribution in [3.8, 4) is 0 Å². The fourth-order valence-corrected chi connectivity index (χ4v) is 1.72. The van der Waals surface area contributed by atoms with Crippen LogP contribution in [0.1, 0.15) is 19.4 Å². The molecule has 0 saturated heterocycles. The van der Waals surface area contributed by atoms with Gasteiger partial charge >= 0.3 is 0 Å². The maximum absolute atomic E-state index is 11.7. The van der Waals surface area contributed by atoms with Crippen LogP contribution in [0.2, 0.25) is 0 Å². The molecule has 0 spiro atoms. The van der Waals surface area contributed by atoms with E-state index in [-0.39, 0.29) is 18.5 Å². The third-order valence-electron chi connectivity index (χ3n) is 2.82. The van der Waals surface area contributed by atoms with E-state index >= 15 is 0 Å². The highest BCUT2D eigenvalue weighted by atomic mass is 16.2. The van der Waals surface area contributed by atoms with Gasteiger partial charge in [0.2, 0.25) is 5.91 Å². The van der Waals surface area contributed by atoms with E-state index in [9.17, 15) is 4.79 Å². The van der Waals surface area contributed by atoms with E-state index in [4.69, 9.17) is 0 Å². The number of hydrogen-bond acceptors (Lipinski definition) is 3. The summed E-state index contributed by atoms with van der Waals surface area (Å²) in [5, 5.41) is 7.44. The van der Waals surface area contributed by atoms with Crippen LogP contribution in [0.5, 0.6) is 0 Å². The number of hydrogen-bond donors (Lipinski definition) is 1. The molecule has 0 atom stereocenters. The van der Waals surface area contributed by atoms with Crippen LogP contribution in [0.15, 0.2) is 17.4 Å². The van der Waals surface area contributed by atoms with Crippen LogP contribution in [0.4, 0.5) is 0 Å². The van der Waals surface area contributed by atoms with Gasteiger partial charge in [-0.3, -0.25) is 9.48 Å². The van der Waals surface area contributed by atoms with Crippen LogP contribution in [-0.4, -0.2) is 65.2 Å². The zero-order chi connectivity index (χ0) is 16.0. The monoisotopic (exact) mass is 294 g/mol. The lowest BCUT2D eigenvalue weighted by atomic mass is 10.3. The van der Waals surface area contributed by atoms with Gasteiger partial charge in [-0.1, -0.05) is 0 Å². The van der Waals surface area contributed by atoms with E-state index in [0.717, 1.165) is 5.56 Å². The van der Waals surface area contributed by atoms with Gasteiger partial charge in [0.1, 0.15) is 6.54 Å². The first-order valence-electron chi connectivity index (χ1n) is 6.99. The Labute approximate surface area is 126 Å². The number of nitrogens with zero attached hydrogens (tertiary/aromatic N) is 5. The summed E-state index contributed by atoms with van der Waals surface area (Å²) in [4.78, 5) is 19.6. The molecule has 1 aromatic heterocycles. The smallest absolute Gasteiger partial charge is 0.243 e. The molecule has 0 saturated carbocycles. The summed E-state index contributed by atoms with van der Waals surface area (Å²) in [5.74, 6) is 0.692. The normalized spacial score (nSPS) is 11.7. The molecule has 1 amide bonds. The first-order chi connectivity index (χ1) is 9.79. The molecule has 118 valence electrons. The summed E-state index contributed by atoms with van der Waals surface area (Å²) < 4.78 is 1.77. The van der Waals surface area contributed by atoms with E-state index < -0.39 is 0 Å². The molecule has 0 aliphatic carbocycles. The van der Waals surface area contributed by atoms with Crippen LogP contribution < -0.4 is 5.32 Å². The Kier molecular flexibility index (Phi) is 6.20. The minimum absolute atomic E-state index is 0.0205. The van der Waals surface area contributed by atoms with Crippen molar-refractivity contribution < 1.29 is 4.79 Å². The minimum atomic E-state index is -0.0205. The highest BCUT2D eigenvalue weighted by Gasteiger charge is 2.11. The summed E-state index contributed by atoms with van der Waals surface area (Å²) in [6.07, 6.45) is 3.79. The van der Waals surface area contributed by atoms with E-state index in [1.165, 1.54) is 4.90 Å². The highest BCUT2D eigenvalue weighted by Crippen LogP contribution is 2.02. The molecule has 7 heteroatoms. The highest BCUT2D eigenvalue weighted by molar-refractivity contribution is 5.84. The second-order valence-electron chi connectivity index (χ2n) is 5.61. The van der Waals surface area contributed by atoms with E-state index in [1.54, 1.807) is 18.8 Å². The molecule has 0 bridgehead atoms. The summed E-state index contributed by atoms with van der Waals surface area (Å²) in [6, 6.07) is 0.245. The first-order valence-corrected chi connectivity index (χ1v) is 6.99. The molecule has 21 heavy (non-hydrogen) atoms. The zero-order valence-electron chi connectivity index (χ0n) is 13.8. The van der Waals surface area contributed by atoms with Crippen molar-refractivity contribution in [2.24, 2.45) is 12.0 Å². The maximum atomic E-state index is 11.7. The number of carbonyl (C=O) groups is 1. The predicted octanol–water partition coefficient (Wildman–Crippen LogP) is 0.294. The van der Waals surface area contributed by atoms with Crippen LogP contribution in [0, 0.1) is 0 Å². The predicted molar refractivity (Wildman–Crippen MR) is 83.9 cm³/mol. The van der Waals surface area contributed by atoms with Gasteiger partial charge in [-0.2, -0.15) is 5.10 Å². The lowest BCUT2D eigenvalue weighted by Gasteiger charge is -2.24. The second kappa shape index (κ2) is 7.66. The number of nitrogens with one attached hydrogen (secondary N) is 1. The topological polar surface area (TPSA) is 65.8 Å². The Bertz CT molecular complexity index is 491. The van der Waals surface area contributed by atoms with Crippen LogP contribution in [0.25, 0.3) is 0 Å². The van der Waals surface area contributed by atoms with Gasteiger partial charge in [0.05, 0.1) is 6.20 Å². The number of aryl methyl sites for hydroxylation is 1. The minimum Gasteiger partial charge on any atom is -0.354 e. The molecular formula is C14H26N6O. The molecule has 0 aliphatic heterocycles. The van der Waals surface area contributed by atoms with E-state index in [1.807, 2.05) is 45.2 Å². The lowest BCUT2D eigenvalue weighted by Crippen LogP contribution is -2.42. The van der Waals surface area contributed by atoms with Gasteiger partial charge in [-0.15, -0.1) is 0 Å². The van der Waals surface area contributed by atoms with Crippen molar-refractivity contribution in [2.45, 2.75) is 26.4 Å².